The molecule has 0 saturated heterocycles. The first-order valence-corrected chi connectivity index (χ1v) is 4.87. The number of benzene rings is 1. The smallest absolute Gasteiger partial charge is 0.239 e. The summed E-state index contributed by atoms with van der Waals surface area (Å²) in [6.07, 6.45) is 0. The van der Waals surface area contributed by atoms with Crippen LogP contribution in [0.1, 0.15) is 6.92 Å². The molecule has 0 heterocycles. The first-order chi connectivity index (χ1) is 6.74. The van der Waals surface area contributed by atoms with E-state index in [1.807, 2.05) is 25.1 Å². The summed E-state index contributed by atoms with van der Waals surface area (Å²) in [5.41, 5.74) is 0.778. The minimum absolute atomic E-state index is 0.0348. The molecule has 1 aromatic carbocycles. The van der Waals surface area contributed by atoms with Crippen LogP contribution in [0.5, 0.6) is 0 Å². The van der Waals surface area contributed by atoms with Gasteiger partial charge < -0.3 is 10.6 Å². The number of para-hydroxylation sites is 1. The van der Waals surface area contributed by atoms with Gasteiger partial charge in [0, 0.05) is 6.54 Å². The van der Waals surface area contributed by atoms with Crippen LogP contribution in [0.3, 0.4) is 0 Å². The van der Waals surface area contributed by atoms with E-state index in [0.717, 1.165) is 5.69 Å². The van der Waals surface area contributed by atoms with Crippen molar-refractivity contribution in [2.24, 2.45) is 0 Å². The molecule has 14 heavy (non-hydrogen) atoms. The van der Waals surface area contributed by atoms with Crippen molar-refractivity contribution in [1.29, 1.82) is 0 Å². The molecular weight excluding hydrogens is 200 g/mol. The zero-order valence-electron chi connectivity index (χ0n) is 8.01. The Labute approximate surface area is 88.5 Å². The monoisotopic (exact) mass is 212 g/mol. The van der Waals surface area contributed by atoms with E-state index in [9.17, 15) is 4.79 Å². The molecule has 0 unspecified atom stereocenters. The van der Waals surface area contributed by atoms with Crippen LogP contribution in [0.25, 0.3) is 0 Å². The fourth-order valence-corrected chi connectivity index (χ4v) is 1.24. The zero-order chi connectivity index (χ0) is 10.4. The van der Waals surface area contributed by atoms with Gasteiger partial charge in [0.05, 0.1) is 17.3 Å². The summed E-state index contributed by atoms with van der Waals surface area (Å²) in [6.45, 7) is 2.77. The number of amides is 1. The van der Waals surface area contributed by atoms with Gasteiger partial charge in [-0.2, -0.15) is 0 Å². The molecule has 0 fully saturated rings. The highest BCUT2D eigenvalue weighted by molar-refractivity contribution is 6.33. The van der Waals surface area contributed by atoms with Crippen molar-refractivity contribution in [3.63, 3.8) is 0 Å². The number of rotatable bonds is 4. The average molecular weight is 213 g/mol. The molecule has 0 bridgehead atoms. The van der Waals surface area contributed by atoms with Crippen molar-refractivity contribution in [2.75, 3.05) is 18.4 Å². The second-order valence-electron chi connectivity index (χ2n) is 2.79. The van der Waals surface area contributed by atoms with Crippen LogP contribution in [-0.4, -0.2) is 19.0 Å². The zero-order valence-corrected chi connectivity index (χ0v) is 8.77. The topological polar surface area (TPSA) is 41.1 Å². The first-order valence-electron chi connectivity index (χ1n) is 4.49. The molecule has 76 valence electrons. The standard InChI is InChI=1S/C10H13ClN2O/c1-2-12-10(14)7-13-9-6-4-3-5-8(9)11/h3-6,13H,2,7H2,1H3,(H,12,14). The second kappa shape index (κ2) is 5.50. The summed E-state index contributed by atoms with van der Waals surface area (Å²) >= 11 is 5.89. The van der Waals surface area contributed by atoms with Crippen LogP contribution in [-0.2, 0) is 4.79 Å². The molecule has 0 aliphatic carbocycles. The number of halogens is 1. The molecule has 0 radical (unpaired) electrons. The molecule has 3 nitrogen and oxygen atoms in total. The minimum Gasteiger partial charge on any atom is -0.375 e. The molecule has 0 aliphatic heterocycles. The van der Waals surface area contributed by atoms with Crippen LogP contribution in [0.15, 0.2) is 24.3 Å². The summed E-state index contributed by atoms with van der Waals surface area (Å²) in [5.74, 6) is -0.0348. The number of nitrogens with one attached hydrogen (secondary N) is 2. The van der Waals surface area contributed by atoms with E-state index in [0.29, 0.717) is 11.6 Å². The maximum absolute atomic E-state index is 11.1. The van der Waals surface area contributed by atoms with E-state index in [1.165, 1.54) is 0 Å². The number of hydrogen-bond donors (Lipinski definition) is 2. The van der Waals surface area contributed by atoms with E-state index in [1.54, 1.807) is 6.07 Å². The molecule has 1 aromatic rings. The molecule has 1 amide bonds. The number of hydrogen-bond acceptors (Lipinski definition) is 2. The fraction of sp³-hybridized carbons (Fsp3) is 0.300. The summed E-state index contributed by atoms with van der Waals surface area (Å²) in [6, 6.07) is 7.33. The highest BCUT2D eigenvalue weighted by Gasteiger charge is 2.01. The third-order valence-electron chi connectivity index (χ3n) is 1.69. The van der Waals surface area contributed by atoms with Gasteiger partial charge in [-0.25, -0.2) is 0 Å². The van der Waals surface area contributed by atoms with Gasteiger partial charge in [-0.1, -0.05) is 23.7 Å². The Kier molecular flexibility index (Phi) is 4.26. The van der Waals surface area contributed by atoms with Crippen molar-refractivity contribution in [2.45, 2.75) is 6.92 Å². The molecule has 2 N–H and O–H groups in total. The highest BCUT2D eigenvalue weighted by atomic mass is 35.5. The molecule has 4 heteroatoms. The highest BCUT2D eigenvalue weighted by Crippen LogP contribution is 2.19. The van der Waals surface area contributed by atoms with E-state index in [-0.39, 0.29) is 12.5 Å². The van der Waals surface area contributed by atoms with Crippen LogP contribution in [0.4, 0.5) is 5.69 Å². The Bertz CT molecular complexity index is 315. The lowest BCUT2D eigenvalue weighted by Crippen LogP contribution is -2.29. The van der Waals surface area contributed by atoms with Gasteiger partial charge in [0.15, 0.2) is 0 Å². The van der Waals surface area contributed by atoms with Crippen LogP contribution in [0.2, 0.25) is 5.02 Å². The summed E-state index contributed by atoms with van der Waals surface area (Å²) < 4.78 is 0. The largest absolute Gasteiger partial charge is 0.375 e. The molecule has 0 aliphatic rings. The van der Waals surface area contributed by atoms with E-state index >= 15 is 0 Å². The predicted octanol–water partition coefficient (Wildman–Crippen LogP) is 1.89. The molecule has 1 rings (SSSR count). The molecule has 0 saturated carbocycles. The fourth-order valence-electron chi connectivity index (χ4n) is 1.04. The van der Waals surface area contributed by atoms with Gasteiger partial charge in [0.2, 0.25) is 5.91 Å². The summed E-state index contributed by atoms with van der Waals surface area (Å²) in [5, 5.41) is 6.27. The molecule has 0 aromatic heterocycles. The van der Waals surface area contributed by atoms with Gasteiger partial charge in [-0.05, 0) is 19.1 Å². The maximum atomic E-state index is 11.1. The normalized spacial score (nSPS) is 9.57. The Morgan fingerprint density at radius 3 is 2.79 bits per heavy atom. The van der Waals surface area contributed by atoms with Crippen molar-refractivity contribution < 1.29 is 4.79 Å². The van der Waals surface area contributed by atoms with Crippen molar-refractivity contribution in [1.82, 2.24) is 5.32 Å². The van der Waals surface area contributed by atoms with Gasteiger partial charge in [0.25, 0.3) is 0 Å². The quantitative estimate of drug-likeness (QED) is 0.801. The maximum Gasteiger partial charge on any atom is 0.239 e. The number of carbonyl (C=O) groups excluding carboxylic acids is 1. The Morgan fingerprint density at radius 1 is 1.43 bits per heavy atom. The number of likely N-dealkylation sites (N-methyl/N-ethyl adjacent to an activating group) is 1. The van der Waals surface area contributed by atoms with Crippen molar-refractivity contribution in [3.8, 4) is 0 Å². The van der Waals surface area contributed by atoms with Crippen molar-refractivity contribution in [3.05, 3.63) is 29.3 Å². The second-order valence-corrected chi connectivity index (χ2v) is 3.19. The first kappa shape index (κ1) is 10.9. The van der Waals surface area contributed by atoms with E-state index in [2.05, 4.69) is 10.6 Å². The lowest BCUT2D eigenvalue weighted by molar-refractivity contribution is -0.119. The SMILES string of the molecule is CCNC(=O)CNc1ccccc1Cl. The number of anilines is 1. The number of carbonyl (C=O) groups is 1. The van der Waals surface area contributed by atoms with Crippen LogP contribution in [0, 0.1) is 0 Å². The van der Waals surface area contributed by atoms with Crippen LogP contribution < -0.4 is 10.6 Å². The third-order valence-corrected chi connectivity index (χ3v) is 2.02. The summed E-state index contributed by atoms with van der Waals surface area (Å²) in [7, 11) is 0. The van der Waals surface area contributed by atoms with Crippen molar-refractivity contribution >= 4 is 23.2 Å². The lowest BCUT2D eigenvalue weighted by atomic mass is 10.3. The van der Waals surface area contributed by atoms with Gasteiger partial charge >= 0.3 is 0 Å². The predicted molar refractivity (Wildman–Crippen MR) is 58.6 cm³/mol. The Morgan fingerprint density at radius 2 is 2.14 bits per heavy atom. The average Bonchev–Trinajstić information content (AvgIpc) is 2.17. The van der Waals surface area contributed by atoms with E-state index < -0.39 is 0 Å². The van der Waals surface area contributed by atoms with Gasteiger partial charge in [0.1, 0.15) is 0 Å². The molecule has 0 spiro atoms. The van der Waals surface area contributed by atoms with Gasteiger partial charge in [-0.3, -0.25) is 4.79 Å². The minimum atomic E-state index is -0.0348. The Balaban J connectivity index is 2.46. The molecular formula is C10H13ClN2O. The van der Waals surface area contributed by atoms with Crippen LogP contribution >= 0.6 is 11.6 Å². The Hall–Kier alpha value is -1.22. The lowest BCUT2D eigenvalue weighted by Gasteiger charge is -2.07. The third kappa shape index (κ3) is 3.26. The molecule has 0 atom stereocenters. The summed E-state index contributed by atoms with van der Waals surface area (Å²) in [4.78, 5) is 11.1. The van der Waals surface area contributed by atoms with Gasteiger partial charge in [-0.15, -0.1) is 0 Å². The van der Waals surface area contributed by atoms with E-state index in [4.69, 9.17) is 11.6 Å².